The Balaban J connectivity index is 1.57. The zero-order valence-electron chi connectivity index (χ0n) is 18.9. The van der Waals surface area contributed by atoms with E-state index in [9.17, 15) is 23.1 Å². The third-order valence-electron chi connectivity index (χ3n) is 5.42. The Morgan fingerprint density at radius 3 is 2.29 bits per heavy atom. The second kappa shape index (κ2) is 11.8. The molecule has 2 aromatic carbocycles. The first kappa shape index (κ1) is 25.5. The number of nitrogens with one attached hydrogen (secondary N) is 1. The van der Waals surface area contributed by atoms with Crippen molar-refractivity contribution in [2.24, 2.45) is 0 Å². The first-order chi connectivity index (χ1) is 16.3. The molecule has 1 unspecified atom stereocenters. The summed E-state index contributed by atoms with van der Waals surface area (Å²) < 4.78 is 38.0. The number of ether oxygens (including phenoxy) is 2. The monoisotopic (exact) mass is 491 g/mol. The van der Waals surface area contributed by atoms with Crippen molar-refractivity contribution in [3.8, 4) is 5.75 Å². The van der Waals surface area contributed by atoms with Crippen LogP contribution in [0.4, 0.5) is 4.79 Å². The van der Waals surface area contributed by atoms with Crippen LogP contribution in [0, 0.1) is 0 Å². The van der Waals surface area contributed by atoms with Gasteiger partial charge in [-0.3, -0.25) is 4.79 Å². The van der Waals surface area contributed by atoms with Crippen molar-refractivity contribution in [3.05, 3.63) is 60.2 Å². The lowest BCUT2D eigenvalue weighted by Gasteiger charge is -2.26. The SMILES string of the molecule is COc1ccc(S(=O)(=O)NC(CO)C(=O)N2CCCN(C(=O)OCc3ccccc3)CC2)cc1. The van der Waals surface area contributed by atoms with Gasteiger partial charge in [0.25, 0.3) is 0 Å². The first-order valence-electron chi connectivity index (χ1n) is 10.9. The van der Waals surface area contributed by atoms with Gasteiger partial charge >= 0.3 is 6.09 Å². The molecule has 0 aromatic heterocycles. The summed E-state index contributed by atoms with van der Waals surface area (Å²) in [5.41, 5.74) is 0.873. The van der Waals surface area contributed by atoms with Crippen molar-refractivity contribution < 1.29 is 32.6 Å². The molecule has 0 spiro atoms. The van der Waals surface area contributed by atoms with E-state index >= 15 is 0 Å². The molecule has 1 heterocycles. The summed E-state index contributed by atoms with van der Waals surface area (Å²) in [5, 5.41) is 9.73. The van der Waals surface area contributed by atoms with Crippen LogP contribution in [0.15, 0.2) is 59.5 Å². The quantitative estimate of drug-likeness (QED) is 0.568. The Morgan fingerprint density at radius 1 is 1.00 bits per heavy atom. The van der Waals surface area contributed by atoms with E-state index in [0.29, 0.717) is 25.3 Å². The molecule has 0 saturated carbocycles. The highest BCUT2D eigenvalue weighted by atomic mass is 32.2. The number of nitrogens with zero attached hydrogens (tertiary/aromatic N) is 2. The maximum Gasteiger partial charge on any atom is 0.410 e. The number of hydrogen-bond acceptors (Lipinski definition) is 7. The molecule has 1 fully saturated rings. The van der Waals surface area contributed by atoms with E-state index in [-0.39, 0.29) is 24.6 Å². The molecule has 0 bridgehead atoms. The molecule has 0 aliphatic carbocycles. The normalized spacial score (nSPS) is 15.4. The van der Waals surface area contributed by atoms with Gasteiger partial charge in [-0.05, 0) is 36.2 Å². The maximum atomic E-state index is 13.0. The predicted molar refractivity (Wildman–Crippen MR) is 124 cm³/mol. The van der Waals surface area contributed by atoms with Gasteiger partial charge < -0.3 is 24.4 Å². The summed E-state index contributed by atoms with van der Waals surface area (Å²) in [6.45, 7) is 0.607. The molecule has 11 heteroatoms. The Kier molecular flexibility index (Phi) is 8.85. The van der Waals surface area contributed by atoms with Gasteiger partial charge in [0.15, 0.2) is 0 Å². The zero-order valence-corrected chi connectivity index (χ0v) is 19.7. The molecule has 2 amide bonds. The topological polar surface area (TPSA) is 125 Å². The van der Waals surface area contributed by atoms with Crippen LogP contribution in [0.1, 0.15) is 12.0 Å². The Bertz CT molecular complexity index is 1060. The molecule has 3 rings (SSSR count). The highest BCUT2D eigenvalue weighted by Gasteiger charge is 2.31. The summed E-state index contributed by atoms with van der Waals surface area (Å²) >= 11 is 0. The van der Waals surface area contributed by atoms with Crippen LogP contribution in [0.5, 0.6) is 5.75 Å². The van der Waals surface area contributed by atoms with Crippen LogP contribution >= 0.6 is 0 Å². The summed E-state index contributed by atoms with van der Waals surface area (Å²) in [6.07, 6.45) is 0.0207. The first-order valence-corrected chi connectivity index (χ1v) is 12.3. The van der Waals surface area contributed by atoms with Crippen LogP contribution in [-0.2, 0) is 26.2 Å². The number of sulfonamides is 1. The molecule has 1 atom stereocenters. The van der Waals surface area contributed by atoms with E-state index in [0.717, 1.165) is 5.56 Å². The number of hydrogen-bond donors (Lipinski definition) is 2. The molecular formula is C23H29N3O7S. The number of carbonyl (C=O) groups excluding carboxylic acids is 2. The molecule has 2 N–H and O–H groups in total. The number of methoxy groups -OCH3 is 1. The van der Waals surface area contributed by atoms with E-state index in [1.54, 1.807) is 0 Å². The summed E-state index contributed by atoms with van der Waals surface area (Å²) in [5.74, 6) is -0.0655. The zero-order chi connectivity index (χ0) is 24.6. The minimum absolute atomic E-state index is 0.0530. The van der Waals surface area contributed by atoms with Gasteiger partial charge in [0, 0.05) is 26.2 Å². The minimum Gasteiger partial charge on any atom is -0.497 e. The fourth-order valence-corrected chi connectivity index (χ4v) is 4.71. The van der Waals surface area contributed by atoms with Crippen molar-refractivity contribution in [2.45, 2.75) is 24.0 Å². The molecule has 1 aliphatic heterocycles. The molecule has 1 saturated heterocycles. The largest absolute Gasteiger partial charge is 0.497 e. The van der Waals surface area contributed by atoms with E-state index < -0.39 is 34.7 Å². The van der Waals surface area contributed by atoms with E-state index in [2.05, 4.69) is 4.72 Å². The Hall–Kier alpha value is -3.15. The second-order valence-electron chi connectivity index (χ2n) is 7.74. The van der Waals surface area contributed by atoms with Gasteiger partial charge in [-0.25, -0.2) is 13.2 Å². The van der Waals surface area contributed by atoms with Crippen LogP contribution < -0.4 is 9.46 Å². The molecule has 0 radical (unpaired) electrons. The average molecular weight is 492 g/mol. The standard InChI is InChI=1S/C23H29N3O7S/c1-32-19-8-10-20(11-9-19)34(30,31)24-21(16-27)22(28)25-12-5-13-26(15-14-25)23(29)33-17-18-6-3-2-4-7-18/h2-4,6-11,21,24,27H,5,12-17H2,1H3. The highest BCUT2D eigenvalue weighted by molar-refractivity contribution is 7.89. The van der Waals surface area contributed by atoms with Crippen LogP contribution in [-0.4, -0.2) is 81.3 Å². The molecule has 2 aromatic rings. The van der Waals surface area contributed by atoms with Gasteiger partial charge in [-0.15, -0.1) is 0 Å². The lowest BCUT2D eigenvalue weighted by Crippen LogP contribution is -2.51. The third-order valence-corrected chi connectivity index (χ3v) is 6.91. The number of rotatable bonds is 8. The molecule has 184 valence electrons. The lowest BCUT2D eigenvalue weighted by atomic mass is 10.2. The third kappa shape index (κ3) is 6.69. The Morgan fingerprint density at radius 2 is 1.65 bits per heavy atom. The van der Waals surface area contributed by atoms with Crippen molar-refractivity contribution in [1.29, 1.82) is 0 Å². The highest BCUT2D eigenvalue weighted by Crippen LogP contribution is 2.16. The van der Waals surface area contributed by atoms with Crippen LogP contribution in [0.2, 0.25) is 0 Å². The number of aliphatic hydroxyl groups is 1. The van der Waals surface area contributed by atoms with Crippen LogP contribution in [0.25, 0.3) is 0 Å². The Labute approximate surface area is 199 Å². The number of amides is 2. The molecule has 34 heavy (non-hydrogen) atoms. The molecule has 1 aliphatic rings. The van der Waals surface area contributed by atoms with Crippen molar-refractivity contribution in [2.75, 3.05) is 39.9 Å². The van der Waals surface area contributed by atoms with E-state index in [4.69, 9.17) is 9.47 Å². The average Bonchev–Trinajstić information content (AvgIpc) is 3.12. The number of carbonyl (C=O) groups is 2. The van der Waals surface area contributed by atoms with Gasteiger partial charge in [0.05, 0.1) is 18.6 Å². The number of benzene rings is 2. The molecule has 10 nitrogen and oxygen atoms in total. The van der Waals surface area contributed by atoms with E-state index in [1.807, 2.05) is 30.3 Å². The van der Waals surface area contributed by atoms with Gasteiger partial charge in [0.2, 0.25) is 15.9 Å². The maximum absolute atomic E-state index is 13.0. The van der Waals surface area contributed by atoms with Crippen molar-refractivity contribution >= 4 is 22.0 Å². The second-order valence-corrected chi connectivity index (χ2v) is 9.45. The smallest absolute Gasteiger partial charge is 0.410 e. The van der Waals surface area contributed by atoms with E-state index in [1.165, 1.54) is 41.2 Å². The van der Waals surface area contributed by atoms with Gasteiger partial charge in [-0.2, -0.15) is 4.72 Å². The van der Waals surface area contributed by atoms with Gasteiger partial charge in [0.1, 0.15) is 18.4 Å². The summed E-state index contributed by atoms with van der Waals surface area (Å²) in [7, 11) is -2.58. The van der Waals surface area contributed by atoms with Crippen molar-refractivity contribution in [3.63, 3.8) is 0 Å². The fourth-order valence-electron chi connectivity index (χ4n) is 3.53. The minimum atomic E-state index is -4.04. The number of aliphatic hydroxyl groups excluding tert-OH is 1. The van der Waals surface area contributed by atoms with Crippen LogP contribution in [0.3, 0.4) is 0 Å². The molecular weight excluding hydrogens is 462 g/mol. The summed E-state index contributed by atoms with van der Waals surface area (Å²) in [6, 6.07) is 13.7. The van der Waals surface area contributed by atoms with Crippen molar-refractivity contribution in [1.82, 2.24) is 14.5 Å². The predicted octanol–water partition coefficient (Wildman–Crippen LogP) is 1.21. The lowest BCUT2D eigenvalue weighted by molar-refractivity contribution is -0.133. The summed E-state index contributed by atoms with van der Waals surface area (Å²) in [4.78, 5) is 28.3. The fraction of sp³-hybridized carbons (Fsp3) is 0.391. The van der Waals surface area contributed by atoms with Gasteiger partial charge in [-0.1, -0.05) is 30.3 Å².